The number of hydrogen-bond donors (Lipinski definition) is 2. The molecular formula is C41H44Cl2FN3O4. The fourth-order valence-electron chi connectivity index (χ4n) is 9.14. The van der Waals surface area contributed by atoms with Crippen molar-refractivity contribution in [3.05, 3.63) is 93.2 Å². The van der Waals surface area contributed by atoms with E-state index in [9.17, 15) is 14.4 Å². The van der Waals surface area contributed by atoms with Crippen LogP contribution >= 0.6 is 23.2 Å². The zero-order valence-corrected chi connectivity index (χ0v) is 30.4. The summed E-state index contributed by atoms with van der Waals surface area (Å²) in [5.74, 6) is 0.0127. The average Bonchev–Trinajstić information content (AvgIpc) is 3.55. The second kappa shape index (κ2) is 15.8. The van der Waals surface area contributed by atoms with Crippen molar-refractivity contribution in [3.8, 4) is 12.3 Å². The topological polar surface area (TPSA) is 87.7 Å². The van der Waals surface area contributed by atoms with Crippen LogP contribution in [0.4, 0.5) is 15.8 Å². The highest BCUT2D eigenvalue weighted by atomic mass is 35.5. The number of nitrogens with zero attached hydrogens (tertiary/aromatic N) is 1. The molecule has 0 radical (unpaired) electrons. The Kier molecular flexibility index (Phi) is 11.4. The molecule has 1 aliphatic carbocycles. The van der Waals surface area contributed by atoms with Crippen LogP contribution in [0.2, 0.25) is 10.0 Å². The smallest absolute Gasteiger partial charge is 0.337 e. The maximum absolute atomic E-state index is 16.5. The number of hydrogen-bond acceptors (Lipinski definition) is 5. The Bertz CT molecular complexity index is 1820. The zero-order chi connectivity index (χ0) is 36.2. The van der Waals surface area contributed by atoms with E-state index >= 15 is 4.39 Å². The monoisotopic (exact) mass is 731 g/mol. The van der Waals surface area contributed by atoms with Crippen LogP contribution in [0.25, 0.3) is 0 Å². The van der Waals surface area contributed by atoms with Gasteiger partial charge in [-0.1, -0.05) is 86.3 Å². The van der Waals surface area contributed by atoms with E-state index in [0.717, 1.165) is 69.8 Å². The molecule has 0 aromatic heterocycles. The molecule has 2 N–H and O–H groups in total. The minimum atomic E-state index is -1.33. The van der Waals surface area contributed by atoms with Crippen molar-refractivity contribution in [1.82, 2.24) is 4.90 Å². The average molecular weight is 733 g/mol. The van der Waals surface area contributed by atoms with Crippen molar-refractivity contribution in [2.45, 2.75) is 100.0 Å². The minimum Gasteiger partial charge on any atom is -0.465 e. The molecule has 3 aromatic carbocycles. The molecule has 10 heteroatoms. The first-order chi connectivity index (χ1) is 24.7. The molecule has 1 saturated carbocycles. The largest absolute Gasteiger partial charge is 0.465 e. The number of methoxy groups -OCH3 is 1. The number of anilines is 2. The molecule has 6 rings (SSSR count). The standard InChI is InChI=1S/C41H44Cl2FN3O4/c1-3-4-5-6-7-8-9-13-25-47-36(37(48)45-29-20-17-27(18-21-29)38(49)51-2)34(30-15-14-16-32(43)35(30)44)41(40(47)23-11-10-12-24-40)31-22-19-28(42)26-33(31)46-39(41)50/h1,14-22,26,34,36H,4-13,23-25H2,2H3,(H,45,48)(H,46,50)/t34-,36?,41+/m0/s1. The van der Waals surface area contributed by atoms with Crippen LogP contribution in [0.3, 0.4) is 0 Å². The Morgan fingerprint density at radius 3 is 2.41 bits per heavy atom. The van der Waals surface area contributed by atoms with Crippen LogP contribution in [-0.4, -0.2) is 47.9 Å². The van der Waals surface area contributed by atoms with Gasteiger partial charge in [0.25, 0.3) is 0 Å². The number of carbonyl (C=O) groups is 3. The van der Waals surface area contributed by atoms with Gasteiger partial charge < -0.3 is 15.4 Å². The zero-order valence-electron chi connectivity index (χ0n) is 28.9. The van der Waals surface area contributed by atoms with Crippen LogP contribution in [0, 0.1) is 18.2 Å². The molecule has 2 heterocycles. The Balaban J connectivity index is 1.50. The Hall–Kier alpha value is -3.90. The highest BCUT2D eigenvalue weighted by Crippen LogP contribution is 2.66. The summed E-state index contributed by atoms with van der Waals surface area (Å²) in [5, 5.41) is 6.61. The third-order valence-electron chi connectivity index (χ3n) is 11.2. The molecule has 1 saturated heterocycles. The number of esters is 1. The quantitative estimate of drug-likeness (QED) is 0.110. The van der Waals surface area contributed by atoms with E-state index in [1.54, 1.807) is 48.5 Å². The number of terminal acetylenes is 1. The number of halogens is 3. The molecule has 3 aromatic rings. The lowest BCUT2D eigenvalue weighted by Crippen LogP contribution is -2.61. The van der Waals surface area contributed by atoms with Gasteiger partial charge in [-0.25, -0.2) is 9.18 Å². The van der Waals surface area contributed by atoms with Gasteiger partial charge in [0.05, 0.1) is 23.7 Å². The van der Waals surface area contributed by atoms with E-state index in [-0.39, 0.29) is 22.4 Å². The molecule has 2 amide bonds. The van der Waals surface area contributed by atoms with E-state index < -0.39 is 34.7 Å². The normalized spacial score (nSPS) is 22.1. The summed E-state index contributed by atoms with van der Waals surface area (Å²) in [5.41, 5.74) is 0.196. The SMILES string of the molecule is C#CCCCCCCCCN1C(C(=O)Nc2ccc(C(=O)OC)cc2)[C@H](c2cccc(Cl)c2F)[C@]2(C(=O)Nc3cc(Cl)ccc32)C12CCCCC2. The minimum absolute atomic E-state index is 0.0732. The summed E-state index contributed by atoms with van der Waals surface area (Å²) >= 11 is 13.0. The Morgan fingerprint density at radius 1 is 1.00 bits per heavy atom. The summed E-state index contributed by atoms with van der Waals surface area (Å²) < 4.78 is 21.4. The number of likely N-dealkylation sites (tertiary alicyclic amines) is 1. The molecule has 1 unspecified atom stereocenters. The third kappa shape index (κ3) is 6.65. The van der Waals surface area contributed by atoms with E-state index in [0.29, 0.717) is 41.3 Å². The Labute approximate surface area is 309 Å². The second-order valence-electron chi connectivity index (χ2n) is 13.9. The molecule has 0 bridgehead atoms. The van der Waals surface area contributed by atoms with Gasteiger partial charge in [-0.15, -0.1) is 12.3 Å². The maximum Gasteiger partial charge on any atom is 0.337 e. The maximum atomic E-state index is 16.5. The molecular weight excluding hydrogens is 688 g/mol. The first kappa shape index (κ1) is 36.9. The molecule has 3 atom stereocenters. The molecule has 2 aliphatic heterocycles. The van der Waals surface area contributed by atoms with Gasteiger partial charge in [-0.2, -0.15) is 0 Å². The summed E-state index contributed by atoms with van der Waals surface area (Å²) in [6.07, 6.45) is 16.1. The highest BCUT2D eigenvalue weighted by molar-refractivity contribution is 6.31. The third-order valence-corrected chi connectivity index (χ3v) is 11.8. The lowest BCUT2D eigenvalue weighted by atomic mass is 9.55. The molecule has 7 nitrogen and oxygen atoms in total. The number of nitrogens with one attached hydrogen (secondary N) is 2. The molecule has 268 valence electrons. The molecule has 51 heavy (non-hydrogen) atoms. The predicted molar refractivity (Wildman–Crippen MR) is 200 cm³/mol. The van der Waals surface area contributed by atoms with Gasteiger partial charge >= 0.3 is 5.97 Å². The van der Waals surface area contributed by atoms with Gasteiger partial charge in [0, 0.05) is 34.3 Å². The summed E-state index contributed by atoms with van der Waals surface area (Å²) in [4.78, 5) is 44.4. The van der Waals surface area contributed by atoms with Gasteiger partial charge in [0.1, 0.15) is 11.2 Å². The van der Waals surface area contributed by atoms with Crippen LogP contribution in [0.1, 0.15) is 104 Å². The van der Waals surface area contributed by atoms with Gasteiger partial charge in [-0.05, 0) is 85.8 Å². The highest BCUT2D eigenvalue weighted by Gasteiger charge is 2.75. The van der Waals surface area contributed by atoms with Gasteiger partial charge in [0.15, 0.2) is 0 Å². The van der Waals surface area contributed by atoms with Crippen LogP contribution in [0.15, 0.2) is 60.7 Å². The fourth-order valence-corrected chi connectivity index (χ4v) is 9.50. The Morgan fingerprint density at radius 2 is 1.71 bits per heavy atom. The van der Waals surface area contributed by atoms with Gasteiger partial charge in [0.2, 0.25) is 11.8 Å². The number of benzene rings is 3. The summed E-state index contributed by atoms with van der Waals surface area (Å²) in [7, 11) is 1.31. The lowest BCUT2D eigenvalue weighted by Gasteiger charge is -2.51. The van der Waals surface area contributed by atoms with Gasteiger partial charge in [-0.3, -0.25) is 14.5 Å². The van der Waals surface area contributed by atoms with Crippen LogP contribution in [-0.2, 0) is 19.7 Å². The second-order valence-corrected chi connectivity index (χ2v) is 14.8. The molecule has 2 fully saturated rings. The van der Waals surface area contributed by atoms with Crippen molar-refractivity contribution in [2.24, 2.45) is 0 Å². The van der Waals surface area contributed by atoms with E-state index in [1.807, 2.05) is 6.07 Å². The molecule has 3 aliphatic rings. The van der Waals surface area contributed by atoms with Crippen LogP contribution in [0.5, 0.6) is 0 Å². The number of ether oxygens (including phenoxy) is 1. The van der Waals surface area contributed by atoms with Crippen molar-refractivity contribution in [2.75, 3.05) is 24.3 Å². The van der Waals surface area contributed by atoms with E-state index in [2.05, 4.69) is 21.5 Å². The van der Waals surface area contributed by atoms with E-state index in [4.69, 9.17) is 34.4 Å². The van der Waals surface area contributed by atoms with Crippen LogP contribution < -0.4 is 10.6 Å². The summed E-state index contributed by atoms with van der Waals surface area (Å²) in [6.45, 7) is 0.542. The first-order valence-electron chi connectivity index (χ1n) is 17.9. The van der Waals surface area contributed by atoms with Crippen molar-refractivity contribution in [1.29, 1.82) is 0 Å². The summed E-state index contributed by atoms with van der Waals surface area (Å²) in [6, 6.07) is 15.7. The lowest BCUT2D eigenvalue weighted by molar-refractivity contribution is -0.127. The fraction of sp³-hybridized carbons (Fsp3) is 0.439. The number of fused-ring (bicyclic) bond motifs is 3. The first-order valence-corrected chi connectivity index (χ1v) is 18.7. The van der Waals surface area contributed by atoms with Crippen molar-refractivity contribution < 1.29 is 23.5 Å². The number of carbonyl (C=O) groups excluding carboxylic acids is 3. The van der Waals surface area contributed by atoms with E-state index in [1.165, 1.54) is 13.2 Å². The predicted octanol–water partition coefficient (Wildman–Crippen LogP) is 9.28. The van der Waals surface area contributed by atoms with Crippen molar-refractivity contribution in [3.63, 3.8) is 0 Å². The molecule has 2 spiro atoms. The number of unbranched alkanes of at least 4 members (excludes halogenated alkanes) is 6. The number of amides is 2. The van der Waals surface area contributed by atoms with Crippen molar-refractivity contribution >= 4 is 52.4 Å². The number of rotatable bonds is 12.